The van der Waals surface area contributed by atoms with Crippen LogP contribution in [-0.2, 0) is 5.60 Å². The molecule has 1 aliphatic rings. The van der Waals surface area contributed by atoms with E-state index < -0.39 is 5.60 Å². The zero-order chi connectivity index (χ0) is 15.3. The molecule has 1 fully saturated rings. The summed E-state index contributed by atoms with van der Waals surface area (Å²) < 4.78 is 0. The molecule has 0 bridgehead atoms. The first kappa shape index (κ1) is 16.4. The molecule has 1 aromatic rings. The molecule has 1 aliphatic heterocycles. The second-order valence-corrected chi connectivity index (χ2v) is 6.58. The number of hydrogen-bond acceptors (Lipinski definition) is 4. The fourth-order valence-corrected chi connectivity index (χ4v) is 3.24. The van der Waals surface area contributed by atoms with Crippen molar-refractivity contribution in [2.75, 3.05) is 46.8 Å². The number of β-amino-alcohol motifs (C(OH)–C–C–N with tert-alkyl or cyclic N) is 1. The molecular weight excluding hydrogens is 262 g/mol. The molecule has 0 radical (unpaired) electrons. The van der Waals surface area contributed by atoms with Gasteiger partial charge in [-0.1, -0.05) is 30.3 Å². The van der Waals surface area contributed by atoms with E-state index in [9.17, 15) is 5.11 Å². The molecule has 1 saturated heterocycles. The van der Waals surface area contributed by atoms with Crippen LogP contribution in [0.4, 0.5) is 0 Å². The van der Waals surface area contributed by atoms with Gasteiger partial charge >= 0.3 is 0 Å². The average molecular weight is 291 g/mol. The molecule has 1 unspecified atom stereocenters. The van der Waals surface area contributed by atoms with Crippen molar-refractivity contribution in [3.05, 3.63) is 35.9 Å². The molecule has 0 amide bonds. The molecule has 4 heteroatoms. The maximum atomic E-state index is 10.9. The third kappa shape index (κ3) is 4.51. The van der Waals surface area contributed by atoms with Crippen LogP contribution in [0.1, 0.15) is 18.4 Å². The summed E-state index contributed by atoms with van der Waals surface area (Å²) in [6.07, 6.45) is 2.40. The highest BCUT2D eigenvalue weighted by Gasteiger charge is 2.31. The number of benzene rings is 1. The van der Waals surface area contributed by atoms with E-state index in [1.54, 1.807) is 0 Å². The van der Waals surface area contributed by atoms with Crippen LogP contribution in [0.25, 0.3) is 0 Å². The van der Waals surface area contributed by atoms with E-state index in [1.807, 2.05) is 30.3 Å². The van der Waals surface area contributed by atoms with Crippen LogP contribution in [0.2, 0.25) is 0 Å². The summed E-state index contributed by atoms with van der Waals surface area (Å²) in [5, 5.41) is 10.9. The van der Waals surface area contributed by atoms with E-state index in [2.05, 4.69) is 23.9 Å². The lowest BCUT2D eigenvalue weighted by molar-refractivity contribution is -0.00349. The summed E-state index contributed by atoms with van der Waals surface area (Å²) in [5.74, 6) is 0.777. The number of piperidine rings is 1. The Labute approximate surface area is 128 Å². The van der Waals surface area contributed by atoms with Gasteiger partial charge in [0.05, 0.1) is 0 Å². The van der Waals surface area contributed by atoms with Gasteiger partial charge in [0.15, 0.2) is 0 Å². The highest BCUT2D eigenvalue weighted by molar-refractivity contribution is 5.23. The molecule has 118 valence electrons. The smallest absolute Gasteiger partial charge is 0.114 e. The van der Waals surface area contributed by atoms with Gasteiger partial charge in [0.1, 0.15) is 5.60 Å². The van der Waals surface area contributed by atoms with Crippen LogP contribution in [0.15, 0.2) is 30.3 Å². The number of rotatable bonds is 6. The second kappa shape index (κ2) is 7.36. The fourth-order valence-electron chi connectivity index (χ4n) is 3.24. The van der Waals surface area contributed by atoms with Gasteiger partial charge in [-0.15, -0.1) is 0 Å². The van der Waals surface area contributed by atoms with E-state index in [1.165, 1.54) is 12.8 Å². The predicted molar refractivity (Wildman–Crippen MR) is 87.1 cm³/mol. The first-order valence-electron chi connectivity index (χ1n) is 7.88. The average Bonchev–Trinajstić information content (AvgIpc) is 2.49. The van der Waals surface area contributed by atoms with Crippen molar-refractivity contribution in [3.8, 4) is 0 Å². The van der Waals surface area contributed by atoms with Gasteiger partial charge in [0.2, 0.25) is 0 Å². The van der Waals surface area contributed by atoms with E-state index in [-0.39, 0.29) is 6.54 Å². The molecule has 1 aromatic carbocycles. The molecule has 1 heterocycles. The Hall–Kier alpha value is -0.940. The first-order chi connectivity index (χ1) is 10.0. The number of hydrogen-bond donors (Lipinski definition) is 2. The SMILES string of the molecule is CN(C)CC1CCN(CC(O)(CN)c2ccccc2)CC1. The molecular formula is C17H29N3O. The molecule has 21 heavy (non-hydrogen) atoms. The van der Waals surface area contributed by atoms with Gasteiger partial charge in [-0.25, -0.2) is 0 Å². The van der Waals surface area contributed by atoms with Crippen molar-refractivity contribution < 1.29 is 5.11 Å². The van der Waals surface area contributed by atoms with Gasteiger partial charge in [0.25, 0.3) is 0 Å². The van der Waals surface area contributed by atoms with Crippen molar-refractivity contribution in [1.82, 2.24) is 9.80 Å². The summed E-state index contributed by atoms with van der Waals surface area (Å²) in [6.45, 7) is 4.14. The topological polar surface area (TPSA) is 52.7 Å². The monoisotopic (exact) mass is 291 g/mol. The first-order valence-corrected chi connectivity index (χ1v) is 7.88. The lowest BCUT2D eigenvalue weighted by Crippen LogP contribution is -2.48. The Kier molecular flexibility index (Phi) is 5.76. The van der Waals surface area contributed by atoms with E-state index >= 15 is 0 Å². The summed E-state index contributed by atoms with van der Waals surface area (Å²) in [5.41, 5.74) is 5.85. The molecule has 2 rings (SSSR count). The minimum Gasteiger partial charge on any atom is -0.382 e. The Balaban J connectivity index is 1.92. The molecule has 0 saturated carbocycles. The van der Waals surface area contributed by atoms with E-state index in [0.29, 0.717) is 6.54 Å². The van der Waals surface area contributed by atoms with Crippen LogP contribution in [0.5, 0.6) is 0 Å². The van der Waals surface area contributed by atoms with Gasteiger partial charge in [-0.3, -0.25) is 0 Å². The molecule has 4 nitrogen and oxygen atoms in total. The number of nitrogens with zero attached hydrogens (tertiary/aromatic N) is 2. The van der Waals surface area contributed by atoms with Gasteiger partial charge in [-0.2, -0.15) is 0 Å². The lowest BCUT2D eigenvalue weighted by Gasteiger charge is -2.38. The third-order valence-corrected chi connectivity index (χ3v) is 4.46. The largest absolute Gasteiger partial charge is 0.382 e. The molecule has 1 atom stereocenters. The molecule has 0 aliphatic carbocycles. The van der Waals surface area contributed by atoms with Crippen molar-refractivity contribution >= 4 is 0 Å². The van der Waals surface area contributed by atoms with E-state index in [4.69, 9.17) is 5.73 Å². The number of aliphatic hydroxyl groups is 1. The van der Waals surface area contributed by atoms with Crippen LogP contribution in [0.3, 0.4) is 0 Å². The van der Waals surface area contributed by atoms with Gasteiger partial charge in [-0.05, 0) is 51.5 Å². The highest BCUT2D eigenvalue weighted by Crippen LogP contribution is 2.25. The van der Waals surface area contributed by atoms with Gasteiger partial charge in [0, 0.05) is 19.6 Å². The van der Waals surface area contributed by atoms with Crippen LogP contribution >= 0.6 is 0 Å². The second-order valence-electron chi connectivity index (χ2n) is 6.58. The van der Waals surface area contributed by atoms with Crippen molar-refractivity contribution in [2.45, 2.75) is 18.4 Å². The van der Waals surface area contributed by atoms with Crippen LogP contribution in [0, 0.1) is 5.92 Å². The maximum Gasteiger partial charge on any atom is 0.114 e. The normalized spacial score (nSPS) is 20.6. The Bertz CT molecular complexity index is 415. The summed E-state index contributed by atoms with van der Waals surface area (Å²) in [6, 6.07) is 9.81. The fraction of sp³-hybridized carbons (Fsp3) is 0.647. The minimum absolute atomic E-state index is 0.259. The number of nitrogens with two attached hydrogens (primary N) is 1. The lowest BCUT2D eigenvalue weighted by atomic mass is 9.90. The molecule has 0 spiro atoms. The maximum absolute atomic E-state index is 10.9. The Morgan fingerprint density at radius 1 is 1.24 bits per heavy atom. The van der Waals surface area contributed by atoms with Crippen LogP contribution in [-0.4, -0.2) is 61.7 Å². The van der Waals surface area contributed by atoms with Crippen molar-refractivity contribution in [3.63, 3.8) is 0 Å². The minimum atomic E-state index is -0.935. The Morgan fingerprint density at radius 2 is 1.86 bits per heavy atom. The predicted octanol–water partition coefficient (Wildman–Crippen LogP) is 1.11. The summed E-state index contributed by atoms with van der Waals surface area (Å²) >= 11 is 0. The zero-order valence-electron chi connectivity index (χ0n) is 13.3. The summed E-state index contributed by atoms with van der Waals surface area (Å²) in [4.78, 5) is 4.62. The van der Waals surface area contributed by atoms with E-state index in [0.717, 1.165) is 31.1 Å². The van der Waals surface area contributed by atoms with Crippen LogP contribution < -0.4 is 5.73 Å². The highest BCUT2D eigenvalue weighted by atomic mass is 16.3. The Morgan fingerprint density at radius 3 is 2.38 bits per heavy atom. The molecule has 0 aromatic heterocycles. The van der Waals surface area contributed by atoms with Crippen molar-refractivity contribution in [2.24, 2.45) is 11.7 Å². The quantitative estimate of drug-likeness (QED) is 0.824. The van der Waals surface area contributed by atoms with Crippen molar-refractivity contribution in [1.29, 1.82) is 0 Å². The zero-order valence-corrected chi connectivity index (χ0v) is 13.3. The molecule has 3 N–H and O–H groups in total. The summed E-state index contributed by atoms with van der Waals surface area (Å²) in [7, 11) is 4.27. The van der Waals surface area contributed by atoms with Gasteiger partial charge < -0.3 is 20.6 Å². The third-order valence-electron chi connectivity index (χ3n) is 4.46. The number of likely N-dealkylation sites (tertiary alicyclic amines) is 1. The standard InChI is InChI=1S/C17H29N3O/c1-19(2)12-15-8-10-20(11-9-15)14-17(21,13-18)16-6-4-3-5-7-16/h3-7,15,21H,8-14,18H2,1-2H3.